The molecule has 3 aromatic carbocycles. The fourth-order valence-corrected chi connectivity index (χ4v) is 7.01. The highest BCUT2D eigenvalue weighted by atomic mass is 32.2. The van der Waals surface area contributed by atoms with Crippen LogP contribution in [0.15, 0.2) is 85.0 Å². The lowest BCUT2D eigenvalue weighted by Gasteiger charge is -2.42. The van der Waals surface area contributed by atoms with Crippen LogP contribution in [0.25, 0.3) is 10.8 Å². The van der Waals surface area contributed by atoms with Crippen molar-refractivity contribution < 1.29 is 140 Å². The zero-order valence-electron chi connectivity index (χ0n) is 43.8. The van der Waals surface area contributed by atoms with Crippen molar-refractivity contribution in [3.8, 4) is 0 Å². The Kier molecular flexibility index (Phi) is 24.5. The van der Waals surface area contributed by atoms with Crippen LogP contribution < -0.4 is 26.6 Å². The van der Waals surface area contributed by atoms with Crippen molar-refractivity contribution in [1.29, 1.82) is 0 Å². The molecular formula is C47H47F17N6O14S. The van der Waals surface area contributed by atoms with Crippen molar-refractivity contribution in [3.05, 3.63) is 85.0 Å². The van der Waals surface area contributed by atoms with E-state index in [1.165, 1.54) is 57.2 Å². The first kappa shape index (κ1) is 72.9. The number of rotatable bonds is 26. The summed E-state index contributed by atoms with van der Waals surface area (Å²) in [5.74, 6) is -54.6. The van der Waals surface area contributed by atoms with Gasteiger partial charge >= 0.3 is 77.2 Å². The van der Waals surface area contributed by atoms with Crippen molar-refractivity contribution in [1.82, 2.24) is 9.62 Å². The van der Waals surface area contributed by atoms with Crippen LogP contribution in [0, 0.1) is 0 Å². The summed E-state index contributed by atoms with van der Waals surface area (Å²) in [5, 5.41) is 4.63. The minimum absolute atomic E-state index is 0.0403. The van der Waals surface area contributed by atoms with E-state index in [-0.39, 0.29) is 85.6 Å². The molecule has 0 radical (unpaired) electrons. The molecule has 0 saturated carbocycles. The molecule has 0 aliphatic rings. The normalized spacial score (nSPS) is 12.6. The Morgan fingerprint density at radius 1 is 0.482 bits per heavy atom. The molecule has 85 heavy (non-hydrogen) atoms. The zero-order chi connectivity index (χ0) is 65.5. The number of benzene rings is 3. The van der Waals surface area contributed by atoms with E-state index in [2.05, 4.69) is 44.5 Å². The van der Waals surface area contributed by atoms with E-state index in [1.54, 1.807) is 24.3 Å². The molecule has 0 fully saturated rings. The second-order valence-electron chi connectivity index (χ2n) is 17.0. The largest absolute Gasteiger partial charge is 0.462 e. The number of likely N-dealkylation sites (N-methyl/N-ethyl adjacent to an activating group) is 1. The molecule has 474 valence electrons. The van der Waals surface area contributed by atoms with Crippen LogP contribution in [-0.4, -0.2) is 155 Å². The Labute approximate surface area is 468 Å². The first-order valence-corrected chi connectivity index (χ1v) is 24.5. The Morgan fingerprint density at radius 3 is 1.29 bits per heavy atom. The molecule has 0 saturated heterocycles. The number of anilines is 4. The zero-order valence-corrected chi connectivity index (χ0v) is 44.7. The SMILES string of the molecule is C=C(C)C(=O)OCCC(=O)Nc1cccc2c(NC(=O)OCCN(C)S(=O)(=O)C(F)(F)C(F)(F)C(F)(F)C(F)(F)C(F)(F)C(F)(F)C(F)(F)C(F)(F)F)cccc12.C=C(C)C(=O)OCCOC(=O)Nc1ccc(NC(=O)OCCNC(C)=O)cc1. The number of hydrogen-bond donors (Lipinski definition) is 5. The maximum Gasteiger partial charge on any atom is 0.460 e. The van der Waals surface area contributed by atoms with Gasteiger partial charge in [0.15, 0.2) is 0 Å². The van der Waals surface area contributed by atoms with Gasteiger partial charge in [-0.1, -0.05) is 37.4 Å². The van der Waals surface area contributed by atoms with Crippen LogP contribution >= 0.6 is 0 Å². The molecule has 0 aromatic heterocycles. The number of sulfonamides is 1. The lowest BCUT2D eigenvalue weighted by atomic mass is 9.91. The topological polar surface area (TPSA) is 263 Å². The third kappa shape index (κ3) is 17.5. The Balaban J connectivity index is 0.000000735. The van der Waals surface area contributed by atoms with Crippen LogP contribution in [0.2, 0.25) is 0 Å². The van der Waals surface area contributed by atoms with E-state index >= 15 is 0 Å². The van der Waals surface area contributed by atoms with Gasteiger partial charge in [0.2, 0.25) is 11.8 Å². The lowest BCUT2D eigenvalue weighted by Crippen LogP contribution is -2.75. The quantitative estimate of drug-likeness (QED) is 0.0165. The first-order valence-electron chi connectivity index (χ1n) is 23.1. The molecule has 5 amide bonds. The van der Waals surface area contributed by atoms with Gasteiger partial charge in [-0.3, -0.25) is 25.5 Å². The molecule has 38 heteroatoms. The molecule has 0 spiro atoms. The second-order valence-corrected chi connectivity index (χ2v) is 19.1. The van der Waals surface area contributed by atoms with Gasteiger partial charge in [-0.05, 0) is 50.2 Å². The van der Waals surface area contributed by atoms with Crippen molar-refractivity contribution in [2.24, 2.45) is 0 Å². The van der Waals surface area contributed by atoms with Crippen LogP contribution in [0.5, 0.6) is 0 Å². The molecule has 0 aliphatic heterocycles. The number of fused-ring (bicyclic) bond motifs is 1. The number of halogens is 17. The molecule has 5 N–H and O–H groups in total. The van der Waals surface area contributed by atoms with Gasteiger partial charge in [0, 0.05) is 59.5 Å². The highest BCUT2D eigenvalue weighted by Crippen LogP contribution is 2.64. The Morgan fingerprint density at radius 2 is 0.859 bits per heavy atom. The van der Waals surface area contributed by atoms with E-state index < -0.39 is 111 Å². The molecule has 0 aliphatic carbocycles. The number of esters is 2. The molecule has 3 aromatic rings. The van der Waals surface area contributed by atoms with E-state index in [0.717, 1.165) is 0 Å². The fraction of sp³-hybridized carbons (Fsp3) is 0.426. The van der Waals surface area contributed by atoms with Crippen molar-refractivity contribution in [2.45, 2.75) is 74.2 Å². The molecule has 0 bridgehead atoms. The van der Waals surface area contributed by atoms with Gasteiger partial charge in [0.05, 0.1) is 18.7 Å². The van der Waals surface area contributed by atoms with Crippen LogP contribution in [0.1, 0.15) is 27.2 Å². The summed E-state index contributed by atoms with van der Waals surface area (Å²) in [7, 11) is -7.79. The number of nitrogens with one attached hydrogen (secondary N) is 5. The minimum atomic E-state index is -8.98. The molecule has 0 unspecified atom stereocenters. The molecular weight excluding hydrogens is 1230 g/mol. The van der Waals surface area contributed by atoms with Gasteiger partial charge < -0.3 is 34.3 Å². The predicted octanol–water partition coefficient (Wildman–Crippen LogP) is 10.1. The molecule has 0 heterocycles. The number of carbonyl (C=O) groups excluding carboxylic acids is 7. The van der Waals surface area contributed by atoms with Gasteiger partial charge in [-0.2, -0.15) is 78.9 Å². The average Bonchev–Trinajstić information content (AvgIpc) is 1.87. The fourth-order valence-electron chi connectivity index (χ4n) is 5.85. The summed E-state index contributed by atoms with van der Waals surface area (Å²) in [4.78, 5) is 81.2. The van der Waals surface area contributed by atoms with Crippen molar-refractivity contribution in [3.63, 3.8) is 0 Å². The van der Waals surface area contributed by atoms with E-state index in [9.17, 15) is 117 Å². The Bertz CT molecular complexity index is 3060. The van der Waals surface area contributed by atoms with E-state index in [4.69, 9.17) is 18.9 Å². The van der Waals surface area contributed by atoms with Crippen LogP contribution in [0.4, 0.5) is 112 Å². The number of carbonyl (C=O) groups is 7. The second kappa shape index (κ2) is 28.6. The maximum absolute atomic E-state index is 14.5. The third-order valence-corrected chi connectivity index (χ3v) is 12.3. The highest BCUT2D eigenvalue weighted by molar-refractivity contribution is 7.90. The molecule has 20 nitrogen and oxygen atoms in total. The highest BCUT2D eigenvalue weighted by Gasteiger charge is 2.96. The predicted molar refractivity (Wildman–Crippen MR) is 261 cm³/mol. The number of alkyl halides is 17. The van der Waals surface area contributed by atoms with Gasteiger partial charge in [0.1, 0.15) is 33.0 Å². The smallest absolute Gasteiger partial charge is 0.460 e. The average molecular weight is 1270 g/mol. The number of ether oxygens (including phenoxy) is 5. The molecule has 3 rings (SSSR count). The van der Waals surface area contributed by atoms with Gasteiger partial charge in [-0.15, -0.1) is 0 Å². The third-order valence-electron chi connectivity index (χ3n) is 10.4. The number of amides is 5. The van der Waals surface area contributed by atoms with Gasteiger partial charge in [-0.25, -0.2) is 32.4 Å². The van der Waals surface area contributed by atoms with Gasteiger partial charge in [0.25, 0.3) is 10.0 Å². The monoisotopic (exact) mass is 1270 g/mol. The summed E-state index contributed by atoms with van der Waals surface area (Å²) in [6.45, 7) is 7.51. The molecule has 0 atom stereocenters. The number of nitrogens with zero attached hydrogens (tertiary/aromatic N) is 1. The first-order chi connectivity index (χ1) is 38.8. The summed E-state index contributed by atoms with van der Waals surface area (Å²) >= 11 is 0. The summed E-state index contributed by atoms with van der Waals surface area (Å²) in [5.41, 5.74) is 1.20. The van der Waals surface area contributed by atoms with Crippen LogP contribution in [0.3, 0.4) is 0 Å². The minimum Gasteiger partial charge on any atom is -0.462 e. The van der Waals surface area contributed by atoms with E-state index in [1.807, 2.05) is 0 Å². The number of hydrogen-bond acceptors (Lipinski definition) is 14. The standard InChI is InChI=1S/C29H24F17N3O7S.C18H23N3O7/c1-14(2)20(51)55-12-10-19(50)47-17-8-4-7-16-15(17)6-5-9-18(16)48-21(52)56-13-11-49(3)57(53,54)29(45,46)27(40,41)25(36,37)23(32,33)22(30,31)24(34,35)26(38,39)28(42,43)44;1-12(2)16(23)26-10-11-28-18(25)21-15-6-4-14(5-7-15)20-17(24)27-9-8-19-13(3)22/h4-9H,1,10-13H2,2-3H3,(H,47,50)(H,48,52);4-7H,1,8-11H2,2-3H3,(H,19,22)(H,20,24)(H,21,25). The van der Waals surface area contributed by atoms with Crippen LogP contribution in [-0.2, 0) is 52.9 Å². The summed E-state index contributed by atoms with van der Waals surface area (Å²) in [6, 6.07) is 14.2. The summed E-state index contributed by atoms with van der Waals surface area (Å²) in [6.07, 6.45) is -11.3. The summed E-state index contributed by atoms with van der Waals surface area (Å²) < 4.78 is 278. The van der Waals surface area contributed by atoms with Crippen molar-refractivity contribution in [2.75, 3.05) is 74.4 Å². The lowest BCUT2D eigenvalue weighted by molar-refractivity contribution is -0.458. The Hall–Kier alpha value is -8.19. The van der Waals surface area contributed by atoms with Crippen molar-refractivity contribution >= 4 is 85.6 Å². The maximum atomic E-state index is 14.5. The van der Waals surface area contributed by atoms with E-state index in [0.29, 0.717) is 11.4 Å².